The summed E-state index contributed by atoms with van der Waals surface area (Å²) in [5, 5.41) is 21.3. The number of aromatic amines is 1. The van der Waals surface area contributed by atoms with E-state index in [-0.39, 0.29) is 37.9 Å². The lowest BCUT2D eigenvalue weighted by molar-refractivity contribution is 0.475. The van der Waals surface area contributed by atoms with Crippen LogP contribution in [0, 0.1) is 5.82 Å². The van der Waals surface area contributed by atoms with Gasteiger partial charge in [-0.1, -0.05) is 41.9 Å². The molecule has 0 fully saturated rings. The molecule has 0 spiro atoms. The standard InChI is InChI=1S/C19H11ClFNO3S/c20-17-14(11-8-10(21)6-7-12(11)23)15-16(24)13(9-4-2-1-3-5-9)18(25)22-19(15)26-17/h1-8,23H,(H2,22,24,25). The van der Waals surface area contributed by atoms with Crippen LogP contribution in [0.4, 0.5) is 4.39 Å². The van der Waals surface area contributed by atoms with Crippen molar-refractivity contribution in [2.45, 2.75) is 0 Å². The number of thiophene rings is 1. The molecule has 4 aromatic rings. The maximum atomic E-state index is 13.7. The van der Waals surface area contributed by atoms with Crippen LogP contribution in [-0.2, 0) is 0 Å². The zero-order chi connectivity index (χ0) is 18.4. The fourth-order valence-corrected chi connectivity index (χ4v) is 4.30. The van der Waals surface area contributed by atoms with Gasteiger partial charge in [0, 0.05) is 11.1 Å². The predicted octanol–water partition coefficient (Wildman–Crippen LogP) is 5.13. The van der Waals surface area contributed by atoms with Gasteiger partial charge in [0.15, 0.2) is 0 Å². The molecular formula is C19H11ClFNO3S. The SMILES string of the molecule is O=c1[nH]c2sc(Cl)c(-c3cc(F)ccc3O)c2c(O)c1-c1ccccc1. The van der Waals surface area contributed by atoms with E-state index >= 15 is 0 Å². The highest BCUT2D eigenvalue weighted by Gasteiger charge is 2.23. The van der Waals surface area contributed by atoms with Crippen LogP contribution in [0.5, 0.6) is 11.5 Å². The van der Waals surface area contributed by atoms with Crippen molar-refractivity contribution in [2.24, 2.45) is 0 Å². The molecule has 0 aliphatic rings. The molecule has 7 heteroatoms. The second-order valence-electron chi connectivity index (χ2n) is 5.66. The monoisotopic (exact) mass is 387 g/mol. The maximum Gasteiger partial charge on any atom is 0.260 e. The van der Waals surface area contributed by atoms with Crippen LogP contribution < -0.4 is 5.56 Å². The minimum absolute atomic E-state index is 0.0877. The predicted molar refractivity (Wildman–Crippen MR) is 102 cm³/mol. The third-order valence-corrected chi connectivity index (χ3v) is 5.40. The van der Waals surface area contributed by atoms with Crippen LogP contribution in [0.25, 0.3) is 32.5 Å². The Balaban J connectivity index is 2.12. The number of hydrogen-bond acceptors (Lipinski definition) is 4. The number of fused-ring (bicyclic) bond motifs is 1. The minimum atomic E-state index is -0.555. The van der Waals surface area contributed by atoms with Crippen molar-refractivity contribution in [2.75, 3.05) is 0 Å². The highest BCUT2D eigenvalue weighted by Crippen LogP contribution is 2.48. The van der Waals surface area contributed by atoms with E-state index in [1.54, 1.807) is 30.3 Å². The van der Waals surface area contributed by atoms with Crippen molar-refractivity contribution in [3.8, 4) is 33.8 Å². The molecule has 0 unspecified atom stereocenters. The molecule has 0 aliphatic carbocycles. The van der Waals surface area contributed by atoms with Gasteiger partial charge in [0.05, 0.1) is 10.9 Å². The minimum Gasteiger partial charge on any atom is -0.507 e. The molecule has 0 saturated heterocycles. The Labute approximate surface area is 155 Å². The first-order chi connectivity index (χ1) is 12.5. The molecule has 130 valence electrons. The Hall–Kier alpha value is -2.83. The molecule has 26 heavy (non-hydrogen) atoms. The van der Waals surface area contributed by atoms with Gasteiger partial charge >= 0.3 is 0 Å². The van der Waals surface area contributed by atoms with E-state index in [2.05, 4.69) is 4.98 Å². The van der Waals surface area contributed by atoms with Crippen LogP contribution >= 0.6 is 22.9 Å². The molecule has 0 atom stereocenters. The third-order valence-electron chi connectivity index (χ3n) is 4.08. The van der Waals surface area contributed by atoms with Gasteiger partial charge in [-0.2, -0.15) is 0 Å². The quantitative estimate of drug-likeness (QED) is 0.446. The van der Waals surface area contributed by atoms with Gasteiger partial charge in [-0.15, -0.1) is 11.3 Å². The zero-order valence-corrected chi connectivity index (χ0v) is 14.7. The van der Waals surface area contributed by atoms with Crippen molar-refractivity contribution in [3.63, 3.8) is 0 Å². The summed E-state index contributed by atoms with van der Waals surface area (Å²) in [7, 11) is 0. The second-order valence-corrected chi connectivity index (χ2v) is 7.28. The van der Waals surface area contributed by atoms with Crippen LogP contribution in [0.3, 0.4) is 0 Å². The van der Waals surface area contributed by atoms with Gasteiger partial charge in [-0.3, -0.25) is 4.79 Å². The number of phenolic OH excluding ortho intramolecular Hbond substituents is 1. The van der Waals surface area contributed by atoms with Gasteiger partial charge < -0.3 is 15.2 Å². The summed E-state index contributed by atoms with van der Waals surface area (Å²) in [5.41, 5.74) is 0.570. The number of H-pyrrole nitrogens is 1. The van der Waals surface area contributed by atoms with Crippen LogP contribution in [0.1, 0.15) is 0 Å². The molecule has 4 rings (SSSR count). The molecule has 0 radical (unpaired) electrons. The largest absolute Gasteiger partial charge is 0.507 e. The van der Waals surface area contributed by atoms with E-state index in [9.17, 15) is 19.4 Å². The molecule has 0 aliphatic heterocycles. The summed E-state index contributed by atoms with van der Waals surface area (Å²) in [6, 6.07) is 12.2. The number of rotatable bonds is 2. The lowest BCUT2D eigenvalue weighted by atomic mass is 10.00. The molecule has 3 N–H and O–H groups in total. The number of nitrogens with one attached hydrogen (secondary N) is 1. The van der Waals surface area contributed by atoms with Gasteiger partial charge in [0.2, 0.25) is 0 Å². The van der Waals surface area contributed by atoms with Crippen molar-refractivity contribution >= 4 is 33.2 Å². The molecule has 2 aromatic heterocycles. The first-order valence-corrected chi connectivity index (χ1v) is 8.78. The molecule has 0 bridgehead atoms. The average Bonchev–Trinajstić information content (AvgIpc) is 2.94. The van der Waals surface area contributed by atoms with E-state index in [4.69, 9.17) is 11.6 Å². The summed E-state index contributed by atoms with van der Waals surface area (Å²) in [4.78, 5) is 15.5. The van der Waals surface area contributed by atoms with Gasteiger partial charge in [0.1, 0.15) is 26.5 Å². The topological polar surface area (TPSA) is 73.3 Å². The number of pyridine rings is 1. The highest BCUT2D eigenvalue weighted by molar-refractivity contribution is 7.23. The number of hydrogen-bond donors (Lipinski definition) is 3. The number of aromatic hydroxyl groups is 2. The highest BCUT2D eigenvalue weighted by atomic mass is 35.5. The Morgan fingerprint density at radius 3 is 2.50 bits per heavy atom. The summed E-state index contributed by atoms with van der Waals surface area (Å²) in [6.07, 6.45) is 0. The summed E-state index contributed by atoms with van der Waals surface area (Å²) < 4.78 is 13.9. The third kappa shape index (κ3) is 2.55. The number of benzene rings is 2. The number of aromatic nitrogens is 1. The second kappa shape index (κ2) is 6.16. The Kier molecular flexibility index (Phi) is 3.94. The molecule has 2 heterocycles. The summed E-state index contributed by atoms with van der Waals surface area (Å²) >= 11 is 7.34. The van der Waals surface area contributed by atoms with Crippen LogP contribution in [0.2, 0.25) is 4.34 Å². The summed E-state index contributed by atoms with van der Waals surface area (Å²) in [6.45, 7) is 0. The van der Waals surface area contributed by atoms with E-state index in [0.29, 0.717) is 10.4 Å². The average molecular weight is 388 g/mol. The zero-order valence-electron chi connectivity index (χ0n) is 13.1. The van der Waals surface area contributed by atoms with Crippen molar-refractivity contribution in [1.82, 2.24) is 4.98 Å². The first kappa shape index (κ1) is 16.6. The van der Waals surface area contributed by atoms with Crippen molar-refractivity contribution in [3.05, 3.63) is 69.0 Å². The number of halogens is 2. The van der Waals surface area contributed by atoms with Crippen LogP contribution in [-0.4, -0.2) is 15.2 Å². The Bertz CT molecular complexity index is 1200. The van der Waals surface area contributed by atoms with Gasteiger partial charge in [-0.25, -0.2) is 4.39 Å². The molecular weight excluding hydrogens is 377 g/mol. The summed E-state index contributed by atoms with van der Waals surface area (Å²) in [5.74, 6) is -1.00. The van der Waals surface area contributed by atoms with E-state index < -0.39 is 11.4 Å². The maximum absolute atomic E-state index is 13.7. The lowest BCUT2D eigenvalue weighted by Crippen LogP contribution is -2.08. The number of phenols is 1. The molecule has 2 aromatic carbocycles. The Morgan fingerprint density at radius 1 is 1.04 bits per heavy atom. The van der Waals surface area contributed by atoms with E-state index in [1.807, 2.05) is 0 Å². The molecule has 0 amide bonds. The molecule has 4 nitrogen and oxygen atoms in total. The van der Waals surface area contributed by atoms with Gasteiger partial charge in [0.25, 0.3) is 5.56 Å². The van der Waals surface area contributed by atoms with Crippen molar-refractivity contribution < 1.29 is 14.6 Å². The van der Waals surface area contributed by atoms with E-state index in [0.717, 1.165) is 23.5 Å². The fourth-order valence-electron chi connectivity index (χ4n) is 2.94. The lowest BCUT2D eigenvalue weighted by Gasteiger charge is -2.09. The van der Waals surface area contributed by atoms with Crippen molar-refractivity contribution in [1.29, 1.82) is 0 Å². The smallest absolute Gasteiger partial charge is 0.260 e. The normalized spacial score (nSPS) is 11.2. The van der Waals surface area contributed by atoms with E-state index in [1.165, 1.54) is 6.07 Å². The van der Waals surface area contributed by atoms with Crippen LogP contribution in [0.15, 0.2) is 53.3 Å². The Morgan fingerprint density at radius 2 is 1.77 bits per heavy atom. The fraction of sp³-hybridized carbons (Fsp3) is 0. The van der Waals surface area contributed by atoms with Gasteiger partial charge in [-0.05, 0) is 23.8 Å². The molecule has 0 saturated carbocycles. The first-order valence-electron chi connectivity index (χ1n) is 7.59.